The number of aliphatic hydroxyl groups excluding tert-OH is 1. The third kappa shape index (κ3) is 3.92. The van der Waals surface area contributed by atoms with Gasteiger partial charge in [-0.2, -0.15) is 9.40 Å². The third-order valence-electron chi connectivity index (χ3n) is 2.69. The smallest absolute Gasteiger partial charge is 0.246 e. The second-order valence-corrected chi connectivity index (χ2v) is 7.25. The molecule has 0 aliphatic carbocycles. The number of nitrogens with zero attached hydrogens (tertiary/aromatic N) is 2. The van der Waals surface area contributed by atoms with Crippen molar-refractivity contribution in [1.29, 1.82) is 0 Å². The molecule has 0 atom stereocenters. The van der Waals surface area contributed by atoms with E-state index in [1.54, 1.807) is 0 Å². The first-order valence-corrected chi connectivity index (χ1v) is 8.48. The molecule has 112 valence electrons. The van der Waals surface area contributed by atoms with Crippen LogP contribution in [0, 0.1) is 11.8 Å². The van der Waals surface area contributed by atoms with Gasteiger partial charge in [-0.05, 0) is 17.0 Å². The number of hydrogen-bond donors (Lipinski definition) is 2. The zero-order chi connectivity index (χ0) is 15.3. The lowest BCUT2D eigenvalue weighted by Gasteiger charge is -2.14. The quantitative estimate of drug-likeness (QED) is 0.804. The summed E-state index contributed by atoms with van der Waals surface area (Å²) in [4.78, 5) is 0.996. The van der Waals surface area contributed by atoms with Crippen molar-refractivity contribution in [2.24, 2.45) is 0 Å². The van der Waals surface area contributed by atoms with Crippen molar-refractivity contribution in [3.63, 3.8) is 0 Å². The standard InChI is InChI=1S/C13H15N3O3S2/c1-16(21(18,19)13-7-14-15-8-13)9-11-6-12(20-10-11)4-2-3-5-17/h6-8,10,17H,3,5,9H2,1H3,(H,14,15). The number of aliphatic hydroxyl groups is 1. The number of aromatic nitrogens is 2. The Labute approximate surface area is 127 Å². The molecule has 0 fully saturated rings. The van der Waals surface area contributed by atoms with Crippen molar-refractivity contribution >= 4 is 21.4 Å². The molecule has 8 heteroatoms. The summed E-state index contributed by atoms with van der Waals surface area (Å²) in [5.41, 5.74) is 0.878. The van der Waals surface area contributed by atoms with Crippen molar-refractivity contribution in [1.82, 2.24) is 14.5 Å². The molecule has 0 aromatic carbocycles. The largest absolute Gasteiger partial charge is 0.395 e. The number of H-pyrrole nitrogens is 1. The summed E-state index contributed by atoms with van der Waals surface area (Å²) in [6.45, 7) is 0.308. The van der Waals surface area contributed by atoms with Crippen molar-refractivity contribution in [2.75, 3.05) is 13.7 Å². The Kier molecular flexibility index (Phi) is 5.14. The van der Waals surface area contributed by atoms with Gasteiger partial charge in [0.15, 0.2) is 0 Å². The number of hydrogen-bond acceptors (Lipinski definition) is 5. The molecule has 0 saturated heterocycles. The highest BCUT2D eigenvalue weighted by Gasteiger charge is 2.22. The maximum absolute atomic E-state index is 12.2. The lowest BCUT2D eigenvalue weighted by atomic mass is 10.3. The lowest BCUT2D eigenvalue weighted by Crippen LogP contribution is -2.25. The van der Waals surface area contributed by atoms with Crippen LogP contribution in [-0.4, -0.2) is 41.7 Å². The van der Waals surface area contributed by atoms with Crippen molar-refractivity contribution in [2.45, 2.75) is 17.9 Å². The van der Waals surface area contributed by atoms with Gasteiger partial charge in [-0.25, -0.2) is 8.42 Å². The topological polar surface area (TPSA) is 86.3 Å². The van der Waals surface area contributed by atoms with Crippen LogP contribution in [0.4, 0.5) is 0 Å². The van der Waals surface area contributed by atoms with E-state index in [0.717, 1.165) is 10.4 Å². The molecule has 0 saturated carbocycles. The molecule has 0 amide bonds. The molecule has 0 bridgehead atoms. The number of aromatic amines is 1. The molecule has 6 nitrogen and oxygen atoms in total. The Morgan fingerprint density at radius 2 is 2.33 bits per heavy atom. The first-order chi connectivity index (χ1) is 10.0. The fourth-order valence-electron chi connectivity index (χ4n) is 1.63. The van der Waals surface area contributed by atoms with E-state index in [1.165, 1.54) is 35.1 Å². The Balaban J connectivity index is 2.07. The van der Waals surface area contributed by atoms with Crippen LogP contribution in [0.1, 0.15) is 16.9 Å². The monoisotopic (exact) mass is 325 g/mol. The lowest BCUT2D eigenvalue weighted by molar-refractivity contribution is 0.305. The third-order valence-corrected chi connectivity index (χ3v) is 5.35. The second-order valence-electron chi connectivity index (χ2n) is 4.29. The van der Waals surface area contributed by atoms with Crippen LogP contribution >= 0.6 is 11.3 Å². The van der Waals surface area contributed by atoms with Gasteiger partial charge in [0, 0.05) is 26.2 Å². The Morgan fingerprint density at radius 3 is 3.00 bits per heavy atom. The van der Waals surface area contributed by atoms with E-state index in [1.807, 2.05) is 11.4 Å². The van der Waals surface area contributed by atoms with Crippen LogP contribution in [0.15, 0.2) is 28.7 Å². The van der Waals surface area contributed by atoms with E-state index in [9.17, 15) is 8.42 Å². The summed E-state index contributed by atoms with van der Waals surface area (Å²) >= 11 is 1.45. The molecule has 2 rings (SSSR count). The highest BCUT2D eigenvalue weighted by atomic mass is 32.2. The fourth-order valence-corrected chi connectivity index (χ4v) is 3.47. The summed E-state index contributed by atoms with van der Waals surface area (Å²) in [7, 11) is -2.01. The van der Waals surface area contributed by atoms with E-state index < -0.39 is 10.0 Å². The average molecular weight is 325 g/mol. The van der Waals surface area contributed by atoms with Gasteiger partial charge in [0.25, 0.3) is 0 Å². The molecular formula is C13H15N3O3S2. The molecule has 0 aliphatic rings. The molecule has 0 unspecified atom stereocenters. The van der Waals surface area contributed by atoms with Gasteiger partial charge in [-0.15, -0.1) is 11.3 Å². The summed E-state index contributed by atoms with van der Waals surface area (Å²) in [5, 5.41) is 16.7. The zero-order valence-electron chi connectivity index (χ0n) is 11.4. The van der Waals surface area contributed by atoms with E-state index in [2.05, 4.69) is 22.0 Å². The SMILES string of the molecule is CN(Cc1csc(C#CCCO)c1)S(=O)(=O)c1cn[nH]c1. The Hall–Kier alpha value is -1.66. The summed E-state index contributed by atoms with van der Waals surface area (Å²) in [6.07, 6.45) is 3.07. The number of sulfonamides is 1. The van der Waals surface area contributed by atoms with E-state index in [-0.39, 0.29) is 18.0 Å². The zero-order valence-corrected chi connectivity index (χ0v) is 13.0. The van der Waals surface area contributed by atoms with Crippen molar-refractivity contribution in [3.05, 3.63) is 34.3 Å². The molecule has 2 heterocycles. The molecule has 2 N–H and O–H groups in total. The van der Waals surface area contributed by atoms with Gasteiger partial charge in [0.2, 0.25) is 10.0 Å². The highest BCUT2D eigenvalue weighted by molar-refractivity contribution is 7.89. The molecule has 0 spiro atoms. The highest BCUT2D eigenvalue weighted by Crippen LogP contribution is 2.19. The van der Waals surface area contributed by atoms with Crippen LogP contribution < -0.4 is 0 Å². The van der Waals surface area contributed by atoms with E-state index >= 15 is 0 Å². The van der Waals surface area contributed by atoms with Crippen LogP contribution in [0.5, 0.6) is 0 Å². The normalized spacial score (nSPS) is 11.4. The molecule has 0 aliphatic heterocycles. The minimum atomic E-state index is -3.53. The maximum atomic E-state index is 12.2. The predicted molar refractivity (Wildman–Crippen MR) is 80.1 cm³/mol. The molecule has 2 aromatic rings. The van der Waals surface area contributed by atoms with Crippen molar-refractivity contribution < 1.29 is 13.5 Å². The predicted octanol–water partition coefficient (Wildman–Crippen LogP) is 1.03. The number of nitrogens with one attached hydrogen (secondary N) is 1. The maximum Gasteiger partial charge on any atom is 0.246 e. The van der Waals surface area contributed by atoms with Gasteiger partial charge < -0.3 is 5.11 Å². The first kappa shape index (κ1) is 15.7. The van der Waals surface area contributed by atoms with Gasteiger partial charge in [-0.1, -0.05) is 11.8 Å². The minimum Gasteiger partial charge on any atom is -0.395 e. The summed E-state index contributed by atoms with van der Waals surface area (Å²) in [6, 6.07) is 1.86. The van der Waals surface area contributed by atoms with E-state index in [0.29, 0.717) is 6.42 Å². The van der Waals surface area contributed by atoms with Crippen molar-refractivity contribution in [3.8, 4) is 11.8 Å². The van der Waals surface area contributed by atoms with Gasteiger partial charge in [0.05, 0.1) is 17.7 Å². The minimum absolute atomic E-state index is 0.0386. The van der Waals surface area contributed by atoms with Crippen LogP contribution in [0.25, 0.3) is 0 Å². The van der Waals surface area contributed by atoms with Gasteiger partial charge in [-0.3, -0.25) is 5.10 Å². The molecule has 21 heavy (non-hydrogen) atoms. The number of thiophene rings is 1. The van der Waals surface area contributed by atoms with Gasteiger partial charge in [0.1, 0.15) is 4.90 Å². The number of rotatable bonds is 5. The van der Waals surface area contributed by atoms with Gasteiger partial charge >= 0.3 is 0 Å². The van der Waals surface area contributed by atoms with E-state index in [4.69, 9.17) is 5.11 Å². The van der Waals surface area contributed by atoms with Crippen LogP contribution in [0.3, 0.4) is 0 Å². The first-order valence-electron chi connectivity index (χ1n) is 6.16. The average Bonchev–Trinajstić information content (AvgIpc) is 3.10. The van der Waals surface area contributed by atoms with Crippen LogP contribution in [0.2, 0.25) is 0 Å². The Bertz CT molecular complexity index is 739. The van der Waals surface area contributed by atoms with Crippen LogP contribution in [-0.2, 0) is 16.6 Å². The Morgan fingerprint density at radius 1 is 1.52 bits per heavy atom. The molecule has 2 aromatic heterocycles. The summed E-state index contributed by atoms with van der Waals surface area (Å²) in [5.74, 6) is 5.77. The molecular weight excluding hydrogens is 310 g/mol. The fraction of sp³-hybridized carbons (Fsp3) is 0.308. The second kappa shape index (κ2) is 6.87. The summed E-state index contributed by atoms with van der Waals surface area (Å²) < 4.78 is 25.7. The molecule has 0 radical (unpaired) electrons.